The van der Waals surface area contributed by atoms with Gasteiger partial charge in [-0.3, -0.25) is 9.10 Å². The number of ether oxygens (including phenoxy) is 2. The summed E-state index contributed by atoms with van der Waals surface area (Å²) in [6, 6.07) is 7.58. The van der Waals surface area contributed by atoms with Gasteiger partial charge in [-0.2, -0.15) is 0 Å². The van der Waals surface area contributed by atoms with Crippen molar-refractivity contribution in [3.63, 3.8) is 0 Å². The zero-order chi connectivity index (χ0) is 19.6. The first kappa shape index (κ1) is 18.9. The average Bonchev–Trinajstić information content (AvgIpc) is 3.04. The molecule has 27 heavy (non-hydrogen) atoms. The second kappa shape index (κ2) is 7.39. The number of carbonyl (C=O) groups excluding carboxylic acids is 1. The first-order valence-electron chi connectivity index (χ1n) is 7.86. The van der Waals surface area contributed by atoms with E-state index in [0.29, 0.717) is 17.2 Å². The summed E-state index contributed by atoms with van der Waals surface area (Å²) in [4.78, 5) is 12.2. The average molecular weight is 398 g/mol. The quantitative estimate of drug-likeness (QED) is 0.808. The number of nitrogens with zero attached hydrogens (tertiary/aromatic N) is 1. The molecule has 0 saturated heterocycles. The molecule has 1 heterocycles. The monoisotopic (exact) mass is 398 g/mol. The van der Waals surface area contributed by atoms with Crippen LogP contribution in [0.3, 0.4) is 0 Å². The van der Waals surface area contributed by atoms with Gasteiger partial charge in [-0.15, -0.1) is 0 Å². The van der Waals surface area contributed by atoms with E-state index in [0.717, 1.165) is 28.8 Å². The fourth-order valence-corrected chi connectivity index (χ4v) is 3.45. The molecule has 3 rings (SSSR count). The van der Waals surface area contributed by atoms with Gasteiger partial charge in [0.15, 0.2) is 23.1 Å². The highest BCUT2D eigenvalue weighted by atomic mass is 32.2. The second-order valence-electron chi connectivity index (χ2n) is 5.80. The second-order valence-corrected chi connectivity index (χ2v) is 7.71. The van der Waals surface area contributed by atoms with Crippen molar-refractivity contribution in [2.45, 2.75) is 6.42 Å². The van der Waals surface area contributed by atoms with E-state index in [-0.39, 0.29) is 25.4 Å². The van der Waals surface area contributed by atoms with E-state index in [1.165, 1.54) is 0 Å². The third-order valence-corrected chi connectivity index (χ3v) is 4.98. The van der Waals surface area contributed by atoms with Gasteiger partial charge < -0.3 is 14.8 Å². The molecule has 1 aliphatic rings. The van der Waals surface area contributed by atoms with Gasteiger partial charge in [0.1, 0.15) is 0 Å². The van der Waals surface area contributed by atoms with Crippen molar-refractivity contribution in [1.29, 1.82) is 0 Å². The van der Waals surface area contributed by atoms with Crippen LogP contribution in [0.4, 0.5) is 20.2 Å². The molecule has 0 fully saturated rings. The molecule has 0 aliphatic carbocycles. The third kappa shape index (κ3) is 4.45. The Labute approximate surface area is 154 Å². The topological polar surface area (TPSA) is 84.9 Å². The van der Waals surface area contributed by atoms with E-state index in [1.807, 2.05) is 0 Å². The lowest BCUT2D eigenvalue weighted by atomic mass is 10.2. The van der Waals surface area contributed by atoms with Crippen LogP contribution in [0.25, 0.3) is 0 Å². The Morgan fingerprint density at radius 3 is 2.56 bits per heavy atom. The highest BCUT2D eigenvalue weighted by Gasteiger charge is 2.20. The molecule has 0 unspecified atom stereocenters. The number of rotatable bonds is 6. The standard InChI is InChI=1S/C17H16F2N2O5S/c1-27(23,24)21(12-3-4-13(18)14(19)9-12)7-6-17(22)20-11-2-5-15-16(8-11)26-10-25-15/h2-5,8-9H,6-7,10H2,1H3,(H,20,22). The Kier molecular flexibility index (Phi) is 5.17. The number of hydrogen-bond donors (Lipinski definition) is 1. The molecule has 1 amide bonds. The largest absolute Gasteiger partial charge is 0.454 e. The van der Waals surface area contributed by atoms with E-state index in [1.54, 1.807) is 18.2 Å². The lowest BCUT2D eigenvalue weighted by Crippen LogP contribution is -2.33. The molecule has 0 saturated carbocycles. The fourth-order valence-electron chi connectivity index (χ4n) is 2.53. The molecular weight excluding hydrogens is 382 g/mol. The molecule has 144 valence electrons. The summed E-state index contributed by atoms with van der Waals surface area (Å²) in [5, 5.41) is 2.62. The molecule has 0 aromatic heterocycles. The molecule has 0 atom stereocenters. The summed E-state index contributed by atoms with van der Waals surface area (Å²) in [6.45, 7) is -0.134. The summed E-state index contributed by atoms with van der Waals surface area (Å²) < 4.78 is 61.7. The molecule has 10 heteroatoms. The summed E-state index contributed by atoms with van der Waals surface area (Å²) >= 11 is 0. The van der Waals surface area contributed by atoms with Gasteiger partial charge in [0.2, 0.25) is 22.7 Å². The minimum absolute atomic E-state index is 0.0627. The van der Waals surface area contributed by atoms with Crippen molar-refractivity contribution in [3.8, 4) is 11.5 Å². The van der Waals surface area contributed by atoms with Crippen molar-refractivity contribution in [2.75, 3.05) is 29.2 Å². The summed E-state index contributed by atoms with van der Waals surface area (Å²) in [6.07, 6.45) is 0.727. The van der Waals surface area contributed by atoms with E-state index < -0.39 is 27.6 Å². The number of nitrogens with one attached hydrogen (secondary N) is 1. The molecule has 1 aliphatic heterocycles. The van der Waals surface area contributed by atoms with E-state index in [4.69, 9.17) is 9.47 Å². The number of carbonyl (C=O) groups is 1. The Hall–Kier alpha value is -2.88. The lowest BCUT2D eigenvalue weighted by Gasteiger charge is -2.22. The van der Waals surface area contributed by atoms with Crippen molar-refractivity contribution < 1.29 is 31.5 Å². The zero-order valence-electron chi connectivity index (χ0n) is 14.2. The van der Waals surface area contributed by atoms with Gasteiger partial charge in [-0.1, -0.05) is 0 Å². The summed E-state index contributed by atoms with van der Waals surface area (Å²) in [5.41, 5.74) is 0.398. The molecule has 2 aromatic rings. The maximum atomic E-state index is 13.4. The van der Waals surface area contributed by atoms with Crippen LogP contribution in [-0.2, 0) is 14.8 Å². The van der Waals surface area contributed by atoms with Gasteiger partial charge in [0, 0.05) is 30.8 Å². The van der Waals surface area contributed by atoms with E-state index in [2.05, 4.69) is 5.32 Å². The van der Waals surface area contributed by atoms with Crippen molar-refractivity contribution >= 4 is 27.3 Å². The van der Waals surface area contributed by atoms with Gasteiger partial charge in [-0.25, -0.2) is 17.2 Å². The predicted octanol–water partition coefficient (Wildman–Crippen LogP) is 2.49. The number of benzene rings is 2. The minimum Gasteiger partial charge on any atom is -0.454 e. The predicted molar refractivity (Wildman–Crippen MR) is 94.4 cm³/mol. The number of fused-ring (bicyclic) bond motifs is 1. The normalized spacial score (nSPS) is 12.7. The molecule has 0 bridgehead atoms. The van der Waals surface area contributed by atoms with Crippen molar-refractivity contribution in [1.82, 2.24) is 0 Å². The zero-order valence-corrected chi connectivity index (χ0v) is 15.1. The fraction of sp³-hybridized carbons (Fsp3) is 0.235. The SMILES string of the molecule is CS(=O)(=O)N(CCC(=O)Nc1ccc2c(c1)OCO2)c1ccc(F)c(F)c1. The first-order valence-corrected chi connectivity index (χ1v) is 9.71. The molecule has 1 N–H and O–H groups in total. The van der Waals surface area contributed by atoms with Crippen LogP contribution in [0.15, 0.2) is 36.4 Å². The lowest BCUT2D eigenvalue weighted by molar-refractivity contribution is -0.116. The Balaban J connectivity index is 1.68. The summed E-state index contributed by atoms with van der Waals surface area (Å²) in [7, 11) is -3.80. The van der Waals surface area contributed by atoms with E-state index in [9.17, 15) is 22.0 Å². The number of sulfonamides is 1. The van der Waals surface area contributed by atoms with Crippen LogP contribution in [0, 0.1) is 11.6 Å². The molecule has 0 spiro atoms. The van der Waals surface area contributed by atoms with Gasteiger partial charge in [0.25, 0.3) is 0 Å². The minimum atomic E-state index is -3.80. The van der Waals surface area contributed by atoms with Crippen LogP contribution in [0.2, 0.25) is 0 Å². The number of halogens is 2. The van der Waals surface area contributed by atoms with Gasteiger partial charge >= 0.3 is 0 Å². The highest BCUT2D eigenvalue weighted by Crippen LogP contribution is 2.34. The molecule has 7 nitrogen and oxygen atoms in total. The Morgan fingerprint density at radius 1 is 1.11 bits per heavy atom. The number of amides is 1. The van der Waals surface area contributed by atoms with Crippen LogP contribution in [0.5, 0.6) is 11.5 Å². The van der Waals surface area contributed by atoms with Crippen LogP contribution in [0.1, 0.15) is 6.42 Å². The van der Waals surface area contributed by atoms with Gasteiger partial charge in [-0.05, 0) is 24.3 Å². The van der Waals surface area contributed by atoms with Crippen molar-refractivity contribution in [3.05, 3.63) is 48.0 Å². The Morgan fingerprint density at radius 2 is 1.85 bits per heavy atom. The maximum Gasteiger partial charge on any atom is 0.232 e. The van der Waals surface area contributed by atoms with Crippen molar-refractivity contribution in [2.24, 2.45) is 0 Å². The number of hydrogen-bond acceptors (Lipinski definition) is 5. The Bertz CT molecular complexity index is 981. The van der Waals surface area contributed by atoms with Crippen LogP contribution < -0.4 is 19.1 Å². The van der Waals surface area contributed by atoms with Crippen LogP contribution >= 0.6 is 0 Å². The highest BCUT2D eigenvalue weighted by molar-refractivity contribution is 7.92. The summed E-state index contributed by atoms with van der Waals surface area (Å²) in [5.74, 6) is -1.66. The van der Waals surface area contributed by atoms with E-state index >= 15 is 0 Å². The molecule has 2 aromatic carbocycles. The number of anilines is 2. The first-order chi connectivity index (χ1) is 12.7. The van der Waals surface area contributed by atoms with Crippen LogP contribution in [-0.4, -0.2) is 33.9 Å². The molecular formula is C17H16F2N2O5S. The molecule has 0 radical (unpaired) electrons. The van der Waals surface area contributed by atoms with Gasteiger partial charge in [0.05, 0.1) is 11.9 Å². The third-order valence-electron chi connectivity index (χ3n) is 3.79. The smallest absolute Gasteiger partial charge is 0.232 e. The maximum absolute atomic E-state index is 13.4.